The van der Waals surface area contributed by atoms with E-state index < -0.39 is 0 Å². The zero-order valence-electron chi connectivity index (χ0n) is 16.6. The quantitative estimate of drug-likeness (QED) is 0.541. The monoisotopic (exact) mass is 400 g/mol. The fourth-order valence-electron chi connectivity index (χ4n) is 3.32. The van der Waals surface area contributed by atoms with Gasteiger partial charge in [0, 0.05) is 24.5 Å². The Kier molecular flexibility index (Phi) is 5.84. The molecule has 6 heteroatoms. The first-order valence-electron chi connectivity index (χ1n) is 9.13. The second kappa shape index (κ2) is 8.15. The minimum Gasteiger partial charge on any atom is -0.487 e. The summed E-state index contributed by atoms with van der Waals surface area (Å²) < 4.78 is 19.3. The van der Waals surface area contributed by atoms with Crippen LogP contribution in [0.4, 0.5) is 0 Å². The fourth-order valence-corrected chi connectivity index (χ4v) is 3.32. The van der Waals surface area contributed by atoms with E-state index in [1.54, 1.807) is 0 Å². The SMILES string of the molecule is CC(C)=CCn1c(C)c(C)c2nccc(OCc3ccc4c(c3)OCO4)c21.Cl. The Morgan fingerprint density at radius 3 is 2.75 bits per heavy atom. The lowest BCUT2D eigenvalue weighted by molar-refractivity contribution is 0.174. The van der Waals surface area contributed by atoms with Gasteiger partial charge in [-0.3, -0.25) is 4.98 Å². The molecule has 3 aromatic rings. The molecule has 1 aliphatic heterocycles. The average Bonchev–Trinajstić information content (AvgIpc) is 3.22. The third kappa shape index (κ3) is 3.67. The van der Waals surface area contributed by atoms with E-state index in [0.29, 0.717) is 6.61 Å². The molecule has 2 aromatic heterocycles. The zero-order chi connectivity index (χ0) is 19.0. The van der Waals surface area contributed by atoms with Gasteiger partial charge in [0.2, 0.25) is 6.79 Å². The third-order valence-corrected chi connectivity index (χ3v) is 4.97. The van der Waals surface area contributed by atoms with Crippen LogP contribution in [0.5, 0.6) is 17.2 Å². The van der Waals surface area contributed by atoms with E-state index in [-0.39, 0.29) is 19.2 Å². The molecule has 5 nitrogen and oxygen atoms in total. The van der Waals surface area contributed by atoms with Crippen molar-refractivity contribution in [1.82, 2.24) is 9.55 Å². The lowest BCUT2D eigenvalue weighted by Crippen LogP contribution is -2.02. The summed E-state index contributed by atoms with van der Waals surface area (Å²) in [5.41, 5.74) is 6.79. The van der Waals surface area contributed by atoms with E-state index in [4.69, 9.17) is 14.2 Å². The van der Waals surface area contributed by atoms with E-state index in [1.807, 2.05) is 30.5 Å². The number of rotatable bonds is 5. The van der Waals surface area contributed by atoms with E-state index in [2.05, 4.69) is 43.3 Å². The van der Waals surface area contributed by atoms with Crippen molar-refractivity contribution < 1.29 is 14.2 Å². The number of aryl methyl sites for hydroxylation is 1. The van der Waals surface area contributed by atoms with Gasteiger partial charge in [-0.25, -0.2) is 0 Å². The molecule has 4 rings (SSSR count). The van der Waals surface area contributed by atoms with Crippen molar-refractivity contribution in [3.63, 3.8) is 0 Å². The largest absolute Gasteiger partial charge is 0.487 e. The number of nitrogens with zero attached hydrogens (tertiary/aromatic N) is 2. The van der Waals surface area contributed by atoms with E-state index >= 15 is 0 Å². The average molecular weight is 401 g/mol. The second-order valence-electron chi connectivity index (χ2n) is 7.09. The molecule has 0 bridgehead atoms. The number of ether oxygens (including phenoxy) is 3. The Bertz CT molecular complexity index is 1040. The molecule has 0 amide bonds. The number of allylic oxidation sites excluding steroid dienone is 2. The predicted molar refractivity (Wildman–Crippen MR) is 113 cm³/mol. The molecule has 0 spiro atoms. The second-order valence-corrected chi connectivity index (χ2v) is 7.09. The molecule has 0 aliphatic carbocycles. The van der Waals surface area contributed by atoms with Crippen LogP contribution in [0.25, 0.3) is 11.0 Å². The van der Waals surface area contributed by atoms with Gasteiger partial charge < -0.3 is 18.8 Å². The maximum atomic E-state index is 6.20. The predicted octanol–water partition coefficient (Wildman–Crippen LogP) is 5.35. The van der Waals surface area contributed by atoms with Crippen molar-refractivity contribution in [2.24, 2.45) is 0 Å². The molecule has 1 aromatic carbocycles. The molecule has 0 saturated carbocycles. The highest BCUT2D eigenvalue weighted by Crippen LogP contribution is 2.34. The number of fused-ring (bicyclic) bond motifs is 2. The van der Waals surface area contributed by atoms with Gasteiger partial charge >= 0.3 is 0 Å². The lowest BCUT2D eigenvalue weighted by Gasteiger charge is -2.12. The van der Waals surface area contributed by atoms with Crippen molar-refractivity contribution >= 4 is 23.4 Å². The zero-order valence-corrected chi connectivity index (χ0v) is 17.4. The summed E-state index contributed by atoms with van der Waals surface area (Å²) >= 11 is 0. The first kappa shape index (κ1) is 20.1. The smallest absolute Gasteiger partial charge is 0.231 e. The van der Waals surface area contributed by atoms with Crippen molar-refractivity contribution in [2.75, 3.05) is 6.79 Å². The standard InChI is InChI=1S/C22H24N2O3.ClH/c1-14(2)8-10-24-16(4)15(3)21-22(24)19(7-9-23-21)25-12-17-5-6-18-20(11-17)27-13-26-18;/h5-9,11H,10,12-13H2,1-4H3;1H. The maximum Gasteiger partial charge on any atom is 0.231 e. The molecule has 28 heavy (non-hydrogen) atoms. The molecular weight excluding hydrogens is 376 g/mol. The molecule has 0 saturated heterocycles. The number of benzene rings is 1. The van der Waals surface area contributed by atoms with Crippen molar-refractivity contribution in [3.05, 3.63) is 58.9 Å². The number of halogens is 1. The van der Waals surface area contributed by atoms with Gasteiger partial charge in [-0.2, -0.15) is 0 Å². The van der Waals surface area contributed by atoms with Gasteiger partial charge in [0.15, 0.2) is 11.5 Å². The van der Waals surface area contributed by atoms with Gasteiger partial charge in [0.1, 0.15) is 17.9 Å². The summed E-state index contributed by atoms with van der Waals surface area (Å²) in [5, 5.41) is 0. The van der Waals surface area contributed by atoms with Crippen LogP contribution < -0.4 is 14.2 Å². The van der Waals surface area contributed by atoms with Crippen molar-refractivity contribution in [1.29, 1.82) is 0 Å². The van der Waals surface area contributed by atoms with Crippen LogP contribution in [-0.2, 0) is 13.2 Å². The van der Waals surface area contributed by atoms with Crippen molar-refractivity contribution in [2.45, 2.75) is 40.8 Å². The number of pyridine rings is 1. The van der Waals surface area contributed by atoms with Crippen LogP contribution in [-0.4, -0.2) is 16.3 Å². The van der Waals surface area contributed by atoms with Crippen LogP contribution in [0.3, 0.4) is 0 Å². The Labute approximate surface area is 171 Å². The Hall–Kier alpha value is -2.66. The Morgan fingerprint density at radius 2 is 1.96 bits per heavy atom. The normalized spacial score (nSPS) is 12.0. The maximum absolute atomic E-state index is 6.20. The molecule has 148 valence electrons. The molecular formula is C22H25ClN2O3. The molecule has 0 unspecified atom stereocenters. The molecule has 0 N–H and O–H groups in total. The highest BCUT2D eigenvalue weighted by Gasteiger charge is 2.17. The highest BCUT2D eigenvalue weighted by atomic mass is 35.5. The number of hydrogen-bond donors (Lipinski definition) is 0. The van der Waals surface area contributed by atoms with Gasteiger partial charge in [-0.15, -0.1) is 12.4 Å². The summed E-state index contributed by atoms with van der Waals surface area (Å²) in [5.74, 6) is 2.40. The number of aromatic nitrogens is 2. The Morgan fingerprint density at radius 1 is 1.18 bits per heavy atom. The van der Waals surface area contributed by atoms with Gasteiger partial charge in [0.25, 0.3) is 0 Å². The van der Waals surface area contributed by atoms with Crippen LogP contribution in [0.15, 0.2) is 42.1 Å². The third-order valence-electron chi connectivity index (χ3n) is 4.97. The van der Waals surface area contributed by atoms with Gasteiger partial charge in [-0.05, 0) is 51.0 Å². The molecule has 1 aliphatic rings. The summed E-state index contributed by atoms with van der Waals surface area (Å²) in [6.45, 7) is 10.0. The minimum absolute atomic E-state index is 0. The van der Waals surface area contributed by atoms with E-state index in [9.17, 15) is 0 Å². The van der Waals surface area contributed by atoms with E-state index in [0.717, 1.165) is 40.4 Å². The molecule has 3 heterocycles. The molecule has 0 fully saturated rings. The summed E-state index contributed by atoms with van der Waals surface area (Å²) in [4.78, 5) is 4.59. The molecule has 0 atom stereocenters. The van der Waals surface area contributed by atoms with Gasteiger partial charge in [-0.1, -0.05) is 17.7 Å². The highest BCUT2D eigenvalue weighted by molar-refractivity contribution is 5.86. The lowest BCUT2D eigenvalue weighted by atomic mass is 10.2. The van der Waals surface area contributed by atoms with Gasteiger partial charge in [0.05, 0.1) is 5.52 Å². The van der Waals surface area contributed by atoms with Crippen LogP contribution in [0, 0.1) is 13.8 Å². The first-order chi connectivity index (χ1) is 13.0. The van der Waals surface area contributed by atoms with E-state index in [1.165, 1.54) is 16.8 Å². The van der Waals surface area contributed by atoms with Crippen LogP contribution in [0.1, 0.15) is 30.7 Å². The number of hydrogen-bond acceptors (Lipinski definition) is 4. The van der Waals surface area contributed by atoms with Crippen LogP contribution >= 0.6 is 12.4 Å². The Balaban J connectivity index is 0.00000225. The summed E-state index contributed by atoms with van der Waals surface area (Å²) in [7, 11) is 0. The summed E-state index contributed by atoms with van der Waals surface area (Å²) in [6.07, 6.45) is 4.04. The fraction of sp³-hybridized carbons (Fsp3) is 0.318. The topological polar surface area (TPSA) is 45.5 Å². The van der Waals surface area contributed by atoms with Crippen LogP contribution in [0.2, 0.25) is 0 Å². The summed E-state index contributed by atoms with van der Waals surface area (Å²) in [6, 6.07) is 7.84. The molecule has 0 radical (unpaired) electrons. The van der Waals surface area contributed by atoms with Crippen molar-refractivity contribution in [3.8, 4) is 17.2 Å². The first-order valence-corrected chi connectivity index (χ1v) is 9.13. The minimum atomic E-state index is 0.